The smallest absolute Gasteiger partial charge is 0.269 e. The van der Waals surface area contributed by atoms with Crippen molar-refractivity contribution < 1.29 is 18.8 Å². The van der Waals surface area contributed by atoms with Gasteiger partial charge < -0.3 is 20.9 Å². The van der Waals surface area contributed by atoms with Gasteiger partial charge in [0.2, 0.25) is 11.8 Å². The van der Waals surface area contributed by atoms with Crippen LogP contribution in [0.2, 0.25) is 5.02 Å². The number of aromatic nitrogens is 4. The van der Waals surface area contributed by atoms with Crippen LogP contribution in [0.25, 0.3) is 33.1 Å². The van der Waals surface area contributed by atoms with Crippen LogP contribution >= 0.6 is 11.6 Å². The summed E-state index contributed by atoms with van der Waals surface area (Å²) in [5.41, 5.74) is 7.86. The highest BCUT2D eigenvalue weighted by molar-refractivity contribution is 6.37. The van der Waals surface area contributed by atoms with Gasteiger partial charge in [-0.1, -0.05) is 62.3 Å². The molecule has 3 atom stereocenters. The van der Waals surface area contributed by atoms with E-state index in [2.05, 4.69) is 20.4 Å². The summed E-state index contributed by atoms with van der Waals surface area (Å²) < 4.78 is 17.2. The van der Waals surface area contributed by atoms with Crippen molar-refractivity contribution in [2.24, 2.45) is 11.1 Å². The van der Waals surface area contributed by atoms with Crippen LogP contribution in [0.1, 0.15) is 37.7 Å². The second-order valence-corrected chi connectivity index (χ2v) is 11.5. The van der Waals surface area contributed by atoms with Crippen LogP contribution in [-0.2, 0) is 16.1 Å². The molecule has 0 radical (unpaired) electrons. The zero-order valence-corrected chi connectivity index (χ0v) is 23.2. The molecule has 12 heteroatoms. The van der Waals surface area contributed by atoms with Crippen molar-refractivity contribution in [3.05, 3.63) is 77.5 Å². The molecule has 2 aliphatic rings. The molecular formula is C31H29ClFN7O3. The normalized spacial score (nSPS) is 20.6. The molecule has 1 saturated heterocycles. The fourth-order valence-electron chi connectivity index (χ4n) is 6.23. The molecule has 2 aromatic heterocycles. The predicted octanol–water partition coefficient (Wildman–Crippen LogP) is 5.13. The molecule has 1 saturated carbocycles. The summed E-state index contributed by atoms with van der Waals surface area (Å²) in [6, 6.07) is 14.2. The molecule has 3 amide bonds. The molecule has 1 aliphatic heterocycles. The van der Waals surface area contributed by atoms with E-state index in [9.17, 15) is 14.4 Å². The summed E-state index contributed by atoms with van der Waals surface area (Å²) in [4.78, 5) is 48.0. The van der Waals surface area contributed by atoms with Crippen molar-refractivity contribution in [3.8, 4) is 11.1 Å². The third kappa shape index (κ3) is 4.51. The minimum absolute atomic E-state index is 0. The van der Waals surface area contributed by atoms with Gasteiger partial charge in [-0.2, -0.15) is 5.10 Å². The fourth-order valence-corrected chi connectivity index (χ4v) is 6.55. The molecule has 7 rings (SSSR count). The van der Waals surface area contributed by atoms with Gasteiger partial charge in [0.1, 0.15) is 18.1 Å². The van der Waals surface area contributed by atoms with Crippen LogP contribution in [0.15, 0.2) is 60.9 Å². The van der Waals surface area contributed by atoms with Gasteiger partial charge in [-0.3, -0.25) is 19.1 Å². The maximum Gasteiger partial charge on any atom is 0.269 e. The Bertz CT molecular complexity index is 1950. The van der Waals surface area contributed by atoms with Crippen LogP contribution < -0.4 is 11.1 Å². The molecule has 4 N–H and O–H groups in total. The Balaban J connectivity index is 0.00000329. The van der Waals surface area contributed by atoms with Crippen LogP contribution in [0, 0.1) is 11.2 Å². The van der Waals surface area contributed by atoms with E-state index in [4.69, 9.17) is 17.3 Å². The summed E-state index contributed by atoms with van der Waals surface area (Å²) in [6.07, 6.45) is 2.73. The van der Waals surface area contributed by atoms with Crippen LogP contribution in [0.4, 0.5) is 10.1 Å². The van der Waals surface area contributed by atoms with Gasteiger partial charge in [-0.25, -0.2) is 9.37 Å². The molecule has 220 valence electrons. The Hall–Kier alpha value is -4.77. The lowest BCUT2D eigenvalue weighted by molar-refractivity contribution is -0.138. The molecule has 3 heterocycles. The predicted molar refractivity (Wildman–Crippen MR) is 162 cm³/mol. The number of primary amides is 1. The number of carbonyl (C=O) groups excluding carboxylic acids is 3. The summed E-state index contributed by atoms with van der Waals surface area (Å²) in [5.74, 6) is -2.14. The average Bonchev–Trinajstić information content (AvgIpc) is 3.32. The summed E-state index contributed by atoms with van der Waals surface area (Å²) in [5, 5.41) is 7.85. The third-order valence-electron chi connectivity index (χ3n) is 8.48. The lowest BCUT2D eigenvalue weighted by atomic mass is 10.0. The number of halogens is 2. The standard InChI is InChI=1S/C30H25ClFN7O3.CH4/c1-30-11-21(39(22(30)12-30)23(40)13-38-20-8-3-2-5-17(20)26(37-38)28(33)41)29(42)36-18-7-4-6-16(25(18)32)15-9-10-19-27(24(15)31)35-14-34-19;/h2-10,14,21-22H,11-13H2,1H3,(H2,33,41)(H,34,35)(H,36,42);1H4/t21-,22+,30-;/m0./s1. The van der Waals surface area contributed by atoms with E-state index in [1.54, 1.807) is 53.4 Å². The molecule has 0 unspecified atom stereocenters. The second kappa shape index (κ2) is 10.2. The Morgan fingerprint density at radius 1 is 1.12 bits per heavy atom. The van der Waals surface area contributed by atoms with Crippen LogP contribution in [0.5, 0.6) is 0 Å². The first-order valence-electron chi connectivity index (χ1n) is 13.4. The number of fused-ring (bicyclic) bond motifs is 3. The number of para-hydroxylation sites is 1. The number of nitrogens with one attached hydrogen (secondary N) is 2. The number of anilines is 1. The Morgan fingerprint density at radius 2 is 1.91 bits per heavy atom. The number of aromatic amines is 1. The van der Waals surface area contributed by atoms with Gasteiger partial charge in [-0.05, 0) is 36.5 Å². The fraction of sp³-hybridized carbons (Fsp3) is 0.258. The second-order valence-electron chi connectivity index (χ2n) is 11.2. The van der Waals surface area contributed by atoms with Gasteiger partial charge in [0.25, 0.3) is 5.91 Å². The van der Waals surface area contributed by atoms with E-state index in [0.29, 0.717) is 33.4 Å². The van der Waals surface area contributed by atoms with Crippen LogP contribution in [0.3, 0.4) is 0 Å². The number of imidazole rings is 1. The Morgan fingerprint density at radius 3 is 2.70 bits per heavy atom. The highest BCUT2D eigenvalue weighted by Gasteiger charge is 2.64. The topological polar surface area (TPSA) is 139 Å². The van der Waals surface area contributed by atoms with Crippen molar-refractivity contribution in [1.82, 2.24) is 24.6 Å². The molecule has 0 bridgehead atoms. The largest absolute Gasteiger partial charge is 0.364 e. The van der Waals surface area contributed by atoms with Crippen molar-refractivity contribution in [1.29, 1.82) is 0 Å². The quantitative estimate of drug-likeness (QED) is 0.248. The summed E-state index contributed by atoms with van der Waals surface area (Å²) in [7, 11) is 0. The van der Waals surface area contributed by atoms with E-state index in [1.165, 1.54) is 17.1 Å². The minimum Gasteiger partial charge on any atom is -0.364 e. The van der Waals surface area contributed by atoms with Crippen molar-refractivity contribution in [2.45, 2.75) is 45.8 Å². The lowest BCUT2D eigenvalue weighted by Crippen LogP contribution is -2.46. The first-order chi connectivity index (χ1) is 20.2. The van der Waals surface area contributed by atoms with E-state index >= 15 is 4.39 Å². The van der Waals surface area contributed by atoms with E-state index in [-0.39, 0.29) is 48.3 Å². The van der Waals surface area contributed by atoms with Crippen molar-refractivity contribution >= 4 is 56.9 Å². The van der Waals surface area contributed by atoms with Crippen molar-refractivity contribution in [3.63, 3.8) is 0 Å². The Labute approximate surface area is 251 Å². The molecule has 5 aromatic rings. The van der Waals surface area contributed by atoms with Gasteiger partial charge in [-0.15, -0.1) is 0 Å². The van der Waals surface area contributed by atoms with E-state index < -0.39 is 23.7 Å². The lowest BCUT2D eigenvalue weighted by Gasteiger charge is -2.27. The first kappa shape index (κ1) is 28.4. The SMILES string of the molecule is C.C[C@@]12C[C@@H](C(=O)Nc3cccc(-c4ccc5[nH]cnc5c4Cl)c3F)N(C(=O)Cn3nc(C(N)=O)c4ccccc43)[C@@H]1C2. The number of likely N-dealkylation sites (tertiary alicyclic amines) is 1. The van der Waals surface area contributed by atoms with Crippen LogP contribution in [-0.4, -0.2) is 54.5 Å². The van der Waals surface area contributed by atoms with Gasteiger partial charge in [0.05, 0.1) is 28.1 Å². The first-order valence-corrected chi connectivity index (χ1v) is 13.8. The number of amides is 3. The maximum atomic E-state index is 15.8. The number of hydrogen-bond donors (Lipinski definition) is 3. The molecular weight excluding hydrogens is 573 g/mol. The van der Waals surface area contributed by atoms with E-state index in [1.807, 2.05) is 6.92 Å². The number of H-pyrrole nitrogens is 1. The molecule has 1 aliphatic carbocycles. The van der Waals surface area contributed by atoms with E-state index in [0.717, 1.165) is 11.9 Å². The Kier molecular flexibility index (Phi) is 6.72. The number of nitrogens with two attached hydrogens (primary N) is 1. The zero-order valence-electron chi connectivity index (χ0n) is 22.4. The number of piperidine rings is 1. The highest BCUT2D eigenvalue weighted by Crippen LogP contribution is 2.59. The molecule has 0 spiro atoms. The average molecular weight is 602 g/mol. The van der Waals surface area contributed by atoms with Gasteiger partial charge in [0.15, 0.2) is 11.5 Å². The van der Waals surface area contributed by atoms with Crippen molar-refractivity contribution in [2.75, 3.05) is 5.32 Å². The zero-order chi connectivity index (χ0) is 29.3. The molecule has 10 nitrogen and oxygen atoms in total. The minimum atomic E-state index is -0.800. The third-order valence-corrected chi connectivity index (χ3v) is 8.86. The number of hydrogen-bond acceptors (Lipinski definition) is 5. The number of rotatable bonds is 6. The molecule has 2 fully saturated rings. The summed E-state index contributed by atoms with van der Waals surface area (Å²) >= 11 is 6.55. The molecule has 43 heavy (non-hydrogen) atoms. The number of carbonyl (C=O) groups is 3. The monoisotopic (exact) mass is 601 g/mol. The highest BCUT2D eigenvalue weighted by atomic mass is 35.5. The van der Waals surface area contributed by atoms with Gasteiger partial charge in [0, 0.05) is 22.6 Å². The number of benzene rings is 3. The van der Waals surface area contributed by atoms with Gasteiger partial charge >= 0.3 is 0 Å². The molecule has 3 aromatic carbocycles. The summed E-state index contributed by atoms with van der Waals surface area (Å²) in [6.45, 7) is 1.86. The maximum absolute atomic E-state index is 15.8. The number of nitrogens with zero attached hydrogens (tertiary/aromatic N) is 4.